The van der Waals surface area contributed by atoms with E-state index in [9.17, 15) is 5.11 Å². The van der Waals surface area contributed by atoms with Crippen LogP contribution in [0.4, 0.5) is 0 Å². The molecule has 0 amide bonds. The van der Waals surface area contributed by atoms with Crippen LogP contribution in [-0.4, -0.2) is 33.3 Å². The van der Waals surface area contributed by atoms with E-state index >= 15 is 0 Å². The number of likely N-dealkylation sites (tertiary alicyclic amines) is 1. The summed E-state index contributed by atoms with van der Waals surface area (Å²) in [4.78, 5) is 2.43. The minimum absolute atomic E-state index is 0.391. The van der Waals surface area contributed by atoms with E-state index in [2.05, 4.69) is 57.6 Å². The Labute approximate surface area is 170 Å². The molecule has 0 bridgehead atoms. The molecule has 1 aliphatic rings. The van der Waals surface area contributed by atoms with Gasteiger partial charge in [-0.1, -0.05) is 54.6 Å². The number of nitrogens with zero attached hydrogens (tertiary/aromatic N) is 2. The number of fused-ring (bicyclic) bond motifs is 1. The van der Waals surface area contributed by atoms with Gasteiger partial charge in [0.05, 0.1) is 6.20 Å². The number of hydrogen-bond acceptors (Lipinski definition) is 3. The van der Waals surface area contributed by atoms with Crippen molar-refractivity contribution in [2.24, 2.45) is 0 Å². The number of aromatic nitrogens is 2. The zero-order valence-electron chi connectivity index (χ0n) is 16.4. The fourth-order valence-electron chi connectivity index (χ4n) is 4.46. The number of rotatable bonds is 4. The predicted molar refractivity (Wildman–Crippen MR) is 117 cm³/mol. The topological polar surface area (TPSA) is 52.1 Å². The number of hydrogen-bond donors (Lipinski definition) is 2. The molecule has 0 spiro atoms. The fourth-order valence-corrected chi connectivity index (χ4v) is 4.46. The average Bonchev–Trinajstić information content (AvgIpc) is 3.25. The first kappa shape index (κ1) is 18.0. The minimum Gasteiger partial charge on any atom is -0.508 e. The summed E-state index contributed by atoms with van der Waals surface area (Å²) in [6, 6.07) is 22.8. The third kappa shape index (κ3) is 3.64. The van der Waals surface area contributed by atoms with Crippen molar-refractivity contribution in [2.45, 2.75) is 25.3 Å². The molecule has 4 heteroatoms. The van der Waals surface area contributed by atoms with Crippen LogP contribution in [0.15, 0.2) is 72.9 Å². The van der Waals surface area contributed by atoms with Gasteiger partial charge in [-0.2, -0.15) is 5.10 Å². The van der Waals surface area contributed by atoms with Gasteiger partial charge < -0.3 is 5.11 Å². The Bertz CT molecular complexity index is 1130. The zero-order valence-corrected chi connectivity index (χ0v) is 16.4. The van der Waals surface area contributed by atoms with Gasteiger partial charge in [0.1, 0.15) is 5.75 Å². The van der Waals surface area contributed by atoms with Gasteiger partial charge in [0, 0.05) is 29.3 Å². The highest BCUT2D eigenvalue weighted by atomic mass is 16.3. The van der Waals surface area contributed by atoms with E-state index in [0.717, 1.165) is 38.0 Å². The highest BCUT2D eigenvalue weighted by molar-refractivity contribution is 5.87. The Morgan fingerprint density at radius 2 is 1.69 bits per heavy atom. The van der Waals surface area contributed by atoms with Crippen LogP contribution < -0.4 is 0 Å². The van der Waals surface area contributed by atoms with Gasteiger partial charge in [-0.25, -0.2) is 0 Å². The number of phenols is 1. The summed E-state index contributed by atoms with van der Waals surface area (Å²) in [5, 5.41) is 20.2. The summed E-state index contributed by atoms with van der Waals surface area (Å²) < 4.78 is 0. The normalized spacial score (nSPS) is 15.7. The van der Waals surface area contributed by atoms with Crippen LogP contribution in [-0.2, 0) is 6.54 Å². The number of H-pyrrole nitrogens is 1. The molecule has 4 nitrogen and oxygen atoms in total. The largest absolute Gasteiger partial charge is 0.508 e. The van der Waals surface area contributed by atoms with Crippen LogP contribution in [0.5, 0.6) is 5.75 Å². The van der Waals surface area contributed by atoms with Crippen LogP contribution in [0.1, 0.15) is 30.0 Å². The van der Waals surface area contributed by atoms with Gasteiger partial charge >= 0.3 is 0 Å². The molecule has 0 aliphatic carbocycles. The van der Waals surface area contributed by atoms with Crippen LogP contribution in [0, 0.1) is 0 Å². The molecule has 0 radical (unpaired) electrons. The highest BCUT2D eigenvalue weighted by Gasteiger charge is 2.25. The molecule has 29 heavy (non-hydrogen) atoms. The van der Waals surface area contributed by atoms with Gasteiger partial charge in [-0.15, -0.1) is 0 Å². The van der Waals surface area contributed by atoms with Crippen molar-refractivity contribution in [1.29, 1.82) is 0 Å². The summed E-state index contributed by atoms with van der Waals surface area (Å²) in [6.07, 6.45) is 4.15. The van der Waals surface area contributed by atoms with Crippen molar-refractivity contribution in [3.63, 3.8) is 0 Å². The second-order valence-electron chi connectivity index (χ2n) is 7.94. The van der Waals surface area contributed by atoms with Crippen molar-refractivity contribution in [3.8, 4) is 16.9 Å². The van der Waals surface area contributed by atoms with Crippen LogP contribution >= 0.6 is 0 Å². The summed E-state index contributed by atoms with van der Waals surface area (Å²) in [5.74, 6) is 0.876. The maximum Gasteiger partial charge on any atom is 0.120 e. The number of aromatic amines is 1. The van der Waals surface area contributed by atoms with Crippen molar-refractivity contribution >= 4 is 10.8 Å². The number of para-hydroxylation sites is 1. The van der Waals surface area contributed by atoms with E-state index in [1.54, 1.807) is 6.07 Å². The average molecular weight is 383 g/mol. The molecule has 1 fully saturated rings. The smallest absolute Gasteiger partial charge is 0.120 e. The summed E-state index contributed by atoms with van der Waals surface area (Å²) in [6.45, 7) is 2.85. The number of nitrogens with one attached hydrogen (secondary N) is 1. The molecular weight excluding hydrogens is 358 g/mol. The molecule has 0 unspecified atom stereocenters. The summed E-state index contributed by atoms with van der Waals surface area (Å²) in [7, 11) is 0. The summed E-state index contributed by atoms with van der Waals surface area (Å²) >= 11 is 0. The Hall–Kier alpha value is -3.11. The molecule has 146 valence electrons. The zero-order chi connectivity index (χ0) is 19.6. The van der Waals surface area contributed by atoms with E-state index in [0.29, 0.717) is 11.7 Å². The Morgan fingerprint density at radius 3 is 2.52 bits per heavy atom. The summed E-state index contributed by atoms with van der Waals surface area (Å²) in [5.41, 5.74) is 4.70. The van der Waals surface area contributed by atoms with Gasteiger partial charge in [-0.3, -0.25) is 10.00 Å². The molecule has 0 atom stereocenters. The Morgan fingerprint density at radius 1 is 0.931 bits per heavy atom. The molecule has 1 saturated heterocycles. The van der Waals surface area contributed by atoms with Crippen molar-refractivity contribution in [1.82, 2.24) is 15.1 Å². The standard InChI is InChI=1S/C25H25N3O/c29-24-8-4-3-7-22(24)17-28-13-11-19(12-14-28)25-23(16-26-27-25)21-10-9-18-5-1-2-6-20(18)15-21/h1-10,15-16,19,29H,11-14,17H2,(H,26,27). The van der Waals surface area contributed by atoms with Crippen LogP contribution in [0.3, 0.4) is 0 Å². The third-order valence-electron chi connectivity index (χ3n) is 6.11. The maximum atomic E-state index is 10.0. The first-order valence-electron chi connectivity index (χ1n) is 10.3. The first-order valence-corrected chi connectivity index (χ1v) is 10.3. The van der Waals surface area contributed by atoms with Gasteiger partial charge in [-0.05, 0) is 54.4 Å². The monoisotopic (exact) mass is 383 g/mol. The maximum absolute atomic E-state index is 10.0. The van der Waals surface area contributed by atoms with Gasteiger partial charge in [0.15, 0.2) is 0 Å². The number of phenolic OH excluding ortho intramolecular Hbond substituents is 1. The Balaban J connectivity index is 1.32. The lowest BCUT2D eigenvalue weighted by atomic mass is 9.89. The molecule has 4 aromatic rings. The molecular formula is C25H25N3O. The van der Waals surface area contributed by atoms with Crippen molar-refractivity contribution in [3.05, 3.63) is 84.2 Å². The second-order valence-corrected chi connectivity index (χ2v) is 7.94. The number of benzene rings is 3. The van der Waals surface area contributed by atoms with Crippen LogP contribution in [0.25, 0.3) is 21.9 Å². The number of piperidine rings is 1. The second kappa shape index (κ2) is 7.72. The van der Waals surface area contributed by atoms with E-state index in [-0.39, 0.29) is 0 Å². The molecule has 2 N–H and O–H groups in total. The lowest BCUT2D eigenvalue weighted by molar-refractivity contribution is 0.201. The molecule has 1 aromatic heterocycles. The third-order valence-corrected chi connectivity index (χ3v) is 6.11. The predicted octanol–water partition coefficient (Wildman–Crippen LogP) is 5.32. The lowest BCUT2D eigenvalue weighted by Gasteiger charge is -2.32. The molecule has 0 saturated carbocycles. The van der Waals surface area contributed by atoms with Gasteiger partial charge in [0.2, 0.25) is 0 Å². The fraction of sp³-hybridized carbons (Fsp3) is 0.240. The number of aromatic hydroxyl groups is 1. The van der Waals surface area contributed by atoms with Crippen LogP contribution in [0.2, 0.25) is 0 Å². The van der Waals surface area contributed by atoms with E-state index < -0.39 is 0 Å². The minimum atomic E-state index is 0.391. The van der Waals surface area contributed by atoms with Gasteiger partial charge in [0.25, 0.3) is 0 Å². The molecule has 1 aliphatic heterocycles. The van der Waals surface area contributed by atoms with E-state index in [4.69, 9.17) is 0 Å². The van der Waals surface area contributed by atoms with E-state index in [1.165, 1.54) is 27.6 Å². The van der Waals surface area contributed by atoms with E-state index in [1.807, 2.05) is 24.4 Å². The highest BCUT2D eigenvalue weighted by Crippen LogP contribution is 2.35. The lowest BCUT2D eigenvalue weighted by Crippen LogP contribution is -2.32. The molecule has 5 rings (SSSR count). The Kier molecular flexibility index (Phi) is 4.78. The first-order chi connectivity index (χ1) is 14.3. The van der Waals surface area contributed by atoms with Crippen molar-refractivity contribution < 1.29 is 5.11 Å². The van der Waals surface area contributed by atoms with Crippen molar-refractivity contribution in [2.75, 3.05) is 13.1 Å². The quantitative estimate of drug-likeness (QED) is 0.502. The SMILES string of the molecule is Oc1ccccc1CN1CCC(c2[nH]ncc2-c2ccc3ccccc3c2)CC1. The molecule has 3 aromatic carbocycles. The molecule has 2 heterocycles.